The maximum atomic E-state index is 12.5. The van der Waals surface area contributed by atoms with E-state index in [0.717, 1.165) is 49.6 Å². The summed E-state index contributed by atoms with van der Waals surface area (Å²) in [5.74, 6) is 2.84. The number of likely N-dealkylation sites (tertiary alicyclic amines) is 1. The van der Waals surface area contributed by atoms with Crippen molar-refractivity contribution in [2.24, 2.45) is 5.92 Å². The van der Waals surface area contributed by atoms with Crippen LogP contribution < -0.4 is 0 Å². The molecule has 0 spiro atoms. The first-order chi connectivity index (χ1) is 13.7. The van der Waals surface area contributed by atoms with Crippen molar-refractivity contribution >= 4 is 28.7 Å². The van der Waals surface area contributed by atoms with Crippen LogP contribution in [-0.2, 0) is 11.3 Å². The van der Waals surface area contributed by atoms with E-state index in [1.54, 1.807) is 11.8 Å². The quantitative estimate of drug-likeness (QED) is 0.567. The highest BCUT2D eigenvalue weighted by atomic mass is 32.2. The number of thioether (sulfide) groups is 1. The molecule has 0 radical (unpaired) electrons. The lowest BCUT2D eigenvalue weighted by Gasteiger charge is -2.32. The summed E-state index contributed by atoms with van der Waals surface area (Å²) >= 11 is 1.76. The van der Waals surface area contributed by atoms with Gasteiger partial charge in [-0.25, -0.2) is 4.98 Å². The molecule has 1 aliphatic heterocycles. The molecule has 0 unspecified atom stereocenters. The molecule has 3 aromatic rings. The van der Waals surface area contributed by atoms with Crippen molar-refractivity contribution in [3.05, 3.63) is 60.4 Å². The maximum absolute atomic E-state index is 12.5. The minimum absolute atomic E-state index is 0.297. The fraction of sp³-hybridized carbons (Fsp3) is 0.391. The van der Waals surface area contributed by atoms with Gasteiger partial charge in [-0.1, -0.05) is 30.3 Å². The lowest BCUT2D eigenvalue weighted by atomic mass is 9.96. The second kappa shape index (κ2) is 8.82. The van der Waals surface area contributed by atoms with E-state index in [1.807, 2.05) is 24.3 Å². The van der Waals surface area contributed by atoms with Crippen LogP contribution in [0.5, 0.6) is 0 Å². The second-order valence-electron chi connectivity index (χ2n) is 7.49. The Labute approximate surface area is 170 Å². The van der Waals surface area contributed by atoms with E-state index in [1.165, 1.54) is 10.4 Å². The monoisotopic (exact) mass is 393 g/mol. The van der Waals surface area contributed by atoms with Crippen LogP contribution in [-0.4, -0.2) is 39.2 Å². The largest absolute Gasteiger partial charge is 0.343 e. The van der Waals surface area contributed by atoms with Gasteiger partial charge in [-0.05, 0) is 49.9 Å². The van der Waals surface area contributed by atoms with Gasteiger partial charge in [0.2, 0.25) is 5.91 Å². The number of aryl methyl sites for hydroxylation is 1. The summed E-state index contributed by atoms with van der Waals surface area (Å²) in [5, 5.41) is 0. The Balaban J connectivity index is 1.26. The molecule has 1 aromatic heterocycles. The zero-order chi connectivity index (χ0) is 19.3. The summed E-state index contributed by atoms with van der Waals surface area (Å²) in [6.07, 6.45) is 2.77. The van der Waals surface area contributed by atoms with Gasteiger partial charge in [-0.2, -0.15) is 0 Å². The molecule has 1 aliphatic rings. The number of hydrogen-bond donors (Lipinski definition) is 0. The average molecular weight is 394 g/mol. The molecule has 1 saturated heterocycles. The van der Waals surface area contributed by atoms with Crippen molar-refractivity contribution in [3.8, 4) is 0 Å². The Morgan fingerprint density at radius 3 is 2.57 bits per heavy atom. The predicted molar refractivity (Wildman–Crippen MR) is 116 cm³/mol. The smallest absolute Gasteiger partial charge is 0.223 e. The molecule has 2 heterocycles. The SMILES string of the molecule is Cc1nc2ccccc2n1CC1CCN(C(=O)CCSc2ccccc2)CC1. The van der Waals surface area contributed by atoms with Gasteiger partial charge in [0.15, 0.2) is 0 Å². The topological polar surface area (TPSA) is 38.1 Å². The number of imidazole rings is 1. The van der Waals surface area contributed by atoms with Crippen LogP contribution in [0.25, 0.3) is 11.0 Å². The zero-order valence-electron chi connectivity index (χ0n) is 16.4. The van der Waals surface area contributed by atoms with Crippen molar-refractivity contribution in [2.45, 2.75) is 37.6 Å². The summed E-state index contributed by atoms with van der Waals surface area (Å²) in [4.78, 5) is 20.5. The molecular weight excluding hydrogens is 366 g/mol. The number of piperidine rings is 1. The Bertz CT molecular complexity index is 929. The number of nitrogens with zero attached hydrogens (tertiary/aromatic N) is 3. The van der Waals surface area contributed by atoms with Gasteiger partial charge in [0, 0.05) is 36.7 Å². The highest BCUT2D eigenvalue weighted by Crippen LogP contribution is 2.24. The standard InChI is InChI=1S/C23H27N3OS/c1-18-24-21-9-5-6-10-22(21)26(18)17-19-11-14-25(15-12-19)23(27)13-16-28-20-7-3-2-4-8-20/h2-10,19H,11-17H2,1H3. The summed E-state index contributed by atoms with van der Waals surface area (Å²) in [6.45, 7) is 4.84. The van der Waals surface area contributed by atoms with Crippen LogP contribution in [0.2, 0.25) is 0 Å². The molecule has 0 saturated carbocycles. The summed E-state index contributed by atoms with van der Waals surface area (Å²) in [6, 6.07) is 18.7. The van der Waals surface area contributed by atoms with Gasteiger partial charge in [0.1, 0.15) is 5.82 Å². The molecule has 1 fully saturated rings. The number of carbonyl (C=O) groups excluding carboxylic acids is 1. The highest BCUT2D eigenvalue weighted by Gasteiger charge is 2.23. The van der Waals surface area contributed by atoms with E-state index in [2.05, 4.69) is 51.7 Å². The number of aromatic nitrogens is 2. The number of hydrogen-bond acceptors (Lipinski definition) is 3. The van der Waals surface area contributed by atoms with Crippen LogP contribution in [0.3, 0.4) is 0 Å². The van der Waals surface area contributed by atoms with Gasteiger partial charge in [-0.3, -0.25) is 4.79 Å². The summed E-state index contributed by atoms with van der Waals surface area (Å²) < 4.78 is 2.34. The van der Waals surface area contributed by atoms with Crippen LogP contribution in [0, 0.1) is 12.8 Å². The van der Waals surface area contributed by atoms with Crippen LogP contribution in [0.15, 0.2) is 59.5 Å². The molecule has 2 aromatic carbocycles. The molecule has 146 valence electrons. The molecule has 5 heteroatoms. The second-order valence-corrected chi connectivity index (χ2v) is 8.66. The number of benzene rings is 2. The van der Waals surface area contributed by atoms with E-state index in [0.29, 0.717) is 18.2 Å². The molecule has 0 N–H and O–H groups in total. The van der Waals surface area contributed by atoms with Crippen molar-refractivity contribution in [3.63, 3.8) is 0 Å². The molecule has 1 amide bonds. The first-order valence-corrected chi connectivity index (χ1v) is 11.1. The third-order valence-corrected chi connectivity index (χ3v) is 6.60. The van der Waals surface area contributed by atoms with Crippen LogP contribution in [0.1, 0.15) is 25.1 Å². The molecule has 4 rings (SSSR count). The lowest BCUT2D eigenvalue weighted by Crippen LogP contribution is -2.39. The van der Waals surface area contributed by atoms with Crippen molar-refractivity contribution in [2.75, 3.05) is 18.8 Å². The molecule has 0 bridgehead atoms. The number of rotatable bonds is 6. The predicted octanol–water partition coefficient (Wildman–Crippen LogP) is 4.77. The number of para-hydroxylation sites is 2. The molecule has 0 atom stereocenters. The van der Waals surface area contributed by atoms with Crippen molar-refractivity contribution in [1.29, 1.82) is 0 Å². The van der Waals surface area contributed by atoms with Gasteiger partial charge in [0.25, 0.3) is 0 Å². The molecule has 28 heavy (non-hydrogen) atoms. The number of amides is 1. The fourth-order valence-electron chi connectivity index (χ4n) is 3.98. The van der Waals surface area contributed by atoms with E-state index >= 15 is 0 Å². The summed E-state index contributed by atoms with van der Waals surface area (Å²) in [7, 11) is 0. The Morgan fingerprint density at radius 1 is 1.07 bits per heavy atom. The number of fused-ring (bicyclic) bond motifs is 1. The Kier molecular flexibility index (Phi) is 6.01. The van der Waals surface area contributed by atoms with Crippen molar-refractivity contribution in [1.82, 2.24) is 14.5 Å². The lowest BCUT2D eigenvalue weighted by molar-refractivity contribution is -0.132. The first kappa shape index (κ1) is 19.1. The van der Waals surface area contributed by atoms with E-state index < -0.39 is 0 Å². The highest BCUT2D eigenvalue weighted by molar-refractivity contribution is 7.99. The Morgan fingerprint density at radius 2 is 1.79 bits per heavy atom. The molecular formula is C23H27N3OS. The molecule has 4 nitrogen and oxygen atoms in total. The average Bonchev–Trinajstić information content (AvgIpc) is 3.04. The fourth-order valence-corrected chi connectivity index (χ4v) is 4.84. The van der Waals surface area contributed by atoms with Crippen LogP contribution >= 0.6 is 11.8 Å². The maximum Gasteiger partial charge on any atom is 0.223 e. The van der Waals surface area contributed by atoms with Gasteiger partial charge in [-0.15, -0.1) is 11.8 Å². The van der Waals surface area contributed by atoms with E-state index in [-0.39, 0.29) is 0 Å². The third kappa shape index (κ3) is 4.41. The normalized spacial score (nSPS) is 15.2. The van der Waals surface area contributed by atoms with Gasteiger partial charge >= 0.3 is 0 Å². The van der Waals surface area contributed by atoms with E-state index in [4.69, 9.17) is 0 Å². The van der Waals surface area contributed by atoms with Gasteiger partial charge in [0.05, 0.1) is 11.0 Å². The number of carbonyl (C=O) groups is 1. The summed E-state index contributed by atoms with van der Waals surface area (Å²) in [5.41, 5.74) is 2.29. The Hall–Kier alpha value is -2.27. The first-order valence-electron chi connectivity index (χ1n) is 10.1. The zero-order valence-corrected chi connectivity index (χ0v) is 17.2. The van der Waals surface area contributed by atoms with Gasteiger partial charge < -0.3 is 9.47 Å². The third-order valence-electron chi connectivity index (χ3n) is 5.58. The van der Waals surface area contributed by atoms with Crippen molar-refractivity contribution < 1.29 is 4.79 Å². The minimum Gasteiger partial charge on any atom is -0.343 e. The van der Waals surface area contributed by atoms with Crippen LogP contribution in [0.4, 0.5) is 0 Å². The van der Waals surface area contributed by atoms with E-state index in [9.17, 15) is 4.79 Å². The minimum atomic E-state index is 0.297. The molecule has 0 aliphatic carbocycles.